The van der Waals surface area contributed by atoms with Crippen molar-refractivity contribution < 1.29 is 0 Å². The van der Waals surface area contributed by atoms with Gasteiger partial charge < -0.3 is 9.88 Å². The quantitative estimate of drug-likeness (QED) is 0.747. The molecule has 0 fully saturated rings. The maximum absolute atomic E-state index is 4.05. The van der Waals surface area contributed by atoms with Gasteiger partial charge in [-0.3, -0.25) is 0 Å². The molecule has 4 heteroatoms. The summed E-state index contributed by atoms with van der Waals surface area (Å²) >= 11 is 1.93. The summed E-state index contributed by atoms with van der Waals surface area (Å²) in [4.78, 5) is 6.97. The van der Waals surface area contributed by atoms with Crippen molar-refractivity contribution in [1.29, 1.82) is 0 Å². The molecule has 0 radical (unpaired) electrons. The minimum atomic E-state index is 0.471. The zero-order valence-electron chi connectivity index (χ0n) is 11.8. The molecule has 0 aliphatic rings. The van der Waals surface area contributed by atoms with Crippen LogP contribution in [0.2, 0.25) is 0 Å². The summed E-state index contributed by atoms with van der Waals surface area (Å²) in [6.07, 6.45) is 9.28. The molecule has 0 saturated carbocycles. The maximum Gasteiger partial charge on any atom is 0.0945 e. The van der Waals surface area contributed by atoms with Crippen LogP contribution in [-0.4, -0.2) is 16.1 Å². The highest BCUT2D eigenvalue weighted by Gasteiger charge is 2.06. The molecule has 0 aliphatic heterocycles. The number of unbranched alkanes of at least 4 members (excludes halogenated alkanes) is 1. The molecule has 0 aromatic carbocycles. The van der Waals surface area contributed by atoms with E-state index >= 15 is 0 Å². The largest absolute Gasteiger partial charge is 0.337 e. The Morgan fingerprint density at radius 3 is 2.95 bits per heavy atom. The van der Waals surface area contributed by atoms with E-state index in [4.69, 9.17) is 0 Å². The first-order chi connectivity index (χ1) is 9.29. The van der Waals surface area contributed by atoms with Crippen LogP contribution in [0.15, 0.2) is 30.9 Å². The minimum Gasteiger partial charge on any atom is -0.337 e. The molecule has 0 saturated heterocycles. The molecule has 1 atom stereocenters. The third kappa shape index (κ3) is 4.48. The number of thiophene rings is 1. The fourth-order valence-corrected chi connectivity index (χ4v) is 3.05. The second kappa shape index (κ2) is 7.46. The standard InChI is InChI=1S/C15H23N3S/c1-3-14-6-7-15(19-14)13(2)17-8-4-5-10-18-11-9-16-12-18/h6-7,9,11-13,17H,3-5,8,10H2,1-2H3. The van der Waals surface area contributed by atoms with Crippen molar-refractivity contribution in [3.8, 4) is 0 Å². The topological polar surface area (TPSA) is 29.9 Å². The summed E-state index contributed by atoms with van der Waals surface area (Å²) in [5.74, 6) is 0. The zero-order valence-corrected chi connectivity index (χ0v) is 12.6. The third-order valence-electron chi connectivity index (χ3n) is 3.31. The molecule has 2 rings (SSSR count). The van der Waals surface area contributed by atoms with Crippen LogP contribution >= 0.6 is 11.3 Å². The first kappa shape index (κ1) is 14.3. The zero-order chi connectivity index (χ0) is 13.5. The van der Waals surface area contributed by atoms with Gasteiger partial charge >= 0.3 is 0 Å². The van der Waals surface area contributed by atoms with E-state index < -0.39 is 0 Å². The van der Waals surface area contributed by atoms with E-state index in [9.17, 15) is 0 Å². The molecular weight excluding hydrogens is 254 g/mol. The Hall–Kier alpha value is -1.13. The minimum absolute atomic E-state index is 0.471. The predicted molar refractivity (Wildman–Crippen MR) is 81.6 cm³/mol. The molecule has 2 aromatic heterocycles. The Labute approximate surface area is 119 Å². The molecule has 3 nitrogen and oxygen atoms in total. The van der Waals surface area contributed by atoms with Crippen molar-refractivity contribution in [3.05, 3.63) is 40.6 Å². The molecule has 19 heavy (non-hydrogen) atoms. The van der Waals surface area contributed by atoms with Gasteiger partial charge in [0.05, 0.1) is 6.33 Å². The van der Waals surface area contributed by atoms with Gasteiger partial charge in [0.25, 0.3) is 0 Å². The number of hydrogen-bond acceptors (Lipinski definition) is 3. The Morgan fingerprint density at radius 2 is 2.26 bits per heavy atom. The average molecular weight is 277 g/mol. The highest BCUT2D eigenvalue weighted by molar-refractivity contribution is 7.12. The van der Waals surface area contributed by atoms with Crippen molar-refractivity contribution in [1.82, 2.24) is 14.9 Å². The van der Waals surface area contributed by atoms with Gasteiger partial charge in [0.1, 0.15) is 0 Å². The van der Waals surface area contributed by atoms with Gasteiger partial charge in [-0.05, 0) is 44.9 Å². The van der Waals surface area contributed by atoms with Crippen molar-refractivity contribution in [2.24, 2.45) is 0 Å². The van der Waals surface area contributed by atoms with E-state index in [1.807, 2.05) is 30.1 Å². The molecule has 0 amide bonds. The van der Waals surface area contributed by atoms with Crippen LogP contribution in [-0.2, 0) is 13.0 Å². The summed E-state index contributed by atoms with van der Waals surface area (Å²) < 4.78 is 2.14. The lowest BCUT2D eigenvalue weighted by Gasteiger charge is -2.12. The van der Waals surface area contributed by atoms with Crippen LogP contribution in [0.25, 0.3) is 0 Å². The van der Waals surface area contributed by atoms with Crippen molar-refractivity contribution in [2.75, 3.05) is 6.54 Å². The van der Waals surface area contributed by atoms with Crippen LogP contribution in [0.3, 0.4) is 0 Å². The van der Waals surface area contributed by atoms with Crippen molar-refractivity contribution in [2.45, 2.75) is 45.7 Å². The number of aryl methyl sites for hydroxylation is 2. The molecule has 0 aliphatic carbocycles. The Morgan fingerprint density at radius 1 is 1.37 bits per heavy atom. The second-order valence-corrected chi connectivity index (χ2v) is 6.04. The summed E-state index contributed by atoms with van der Waals surface area (Å²) in [7, 11) is 0. The Kier molecular flexibility index (Phi) is 5.61. The van der Waals surface area contributed by atoms with Gasteiger partial charge in [-0.1, -0.05) is 6.92 Å². The van der Waals surface area contributed by atoms with Crippen molar-refractivity contribution >= 4 is 11.3 Å². The fraction of sp³-hybridized carbons (Fsp3) is 0.533. The van der Waals surface area contributed by atoms with Crippen LogP contribution in [0.4, 0.5) is 0 Å². The average Bonchev–Trinajstić information content (AvgIpc) is 3.09. The highest BCUT2D eigenvalue weighted by Crippen LogP contribution is 2.23. The molecule has 0 spiro atoms. The Bertz CT molecular complexity index is 461. The first-order valence-corrected chi connectivity index (χ1v) is 7.89. The number of aromatic nitrogens is 2. The summed E-state index contributed by atoms with van der Waals surface area (Å²) in [6, 6.07) is 4.97. The Balaban J connectivity index is 1.62. The van der Waals surface area contributed by atoms with E-state index in [2.05, 4.69) is 40.8 Å². The van der Waals surface area contributed by atoms with Gasteiger partial charge in [0.15, 0.2) is 0 Å². The van der Waals surface area contributed by atoms with E-state index in [1.165, 1.54) is 22.6 Å². The second-order valence-electron chi connectivity index (χ2n) is 4.84. The molecule has 1 unspecified atom stereocenters. The smallest absolute Gasteiger partial charge is 0.0945 e. The molecule has 2 heterocycles. The first-order valence-electron chi connectivity index (χ1n) is 7.07. The SMILES string of the molecule is CCc1ccc(C(C)NCCCCn2ccnc2)s1. The lowest BCUT2D eigenvalue weighted by molar-refractivity contribution is 0.527. The van der Waals surface area contributed by atoms with Gasteiger partial charge in [0.2, 0.25) is 0 Å². The van der Waals surface area contributed by atoms with Crippen LogP contribution in [0.5, 0.6) is 0 Å². The predicted octanol–water partition coefficient (Wildman–Crippen LogP) is 3.64. The molecule has 104 valence electrons. The number of rotatable bonds is 8. The van der Waals surface area contributed by atoms with E-state index in [0.29, 0.717) is 6.04 Å². The van der Waals surface area contributed by atoms with E-state index in [-0.39, 0.29) is 0 Å². The number of nitrogens with zero attached hydrogens (tertiary/aromatic N) is 2. The van der Waals surface area contributed by atoms with Gasteiger partial charge in [-0.15, -0.1) is 11.3 Å². The van der Waals surface area contributed by atoms with Crippen LogP contribution < -0.4 is 5.32 Å². The van der Waals surface area contributed by atoms with Gasteiger partial charge in [-0.25, -0.2) is 4.98 Å². The highest BCUT2D eigenvalue weighted by atomic mass is 32.1. The number of hydrogen-bond donors (Lipinski definition) is 1. The summed E-state index contributed by atoms with van der Waals surface area (Å²) in [6.45, 7) is 6.61. The van der Waals surface area contributed by atoms with Gasteiger partial charge in [0, 0.05) is 34.7 Å². The van der Waals surface area contributed by atoms with Crippen LogP contribution in [0, 0.1) is 0 Å². The van der Waals surface area contributed by atoms with E-state index in [0.717, 1.165) is 19.5 Å². The molecular formula is C15H23N3S. The normalized spacial score (nSPS) is 12.7. The third-order valence-corrected chi connectivity index (χ3v) is 4.72. The maximum atomic E-state index is 4.05. The number of nitrogens with one attached hydrogen (secondary N) is 1. The molecule has 1 N–H and O–H groups in total. The van der Waals surface area contributed by atoms with Crippen LogP contribution in [0.1, 0.15) is 42.5 Å². The number of imidazole rings is 1. The monoisotopic (exact) mass is 277 g/mol. The summed E-state index contributed by atoms with van der Waals surface area (Å²) in [5, 5.41) is 3.60. The lowest BCUT2D eigenvalue weighted by atomic mass is 10.2. The van der Waals surface area contributed by atoms with E-state index in [1.54, 1.807) is 0 Å². The molecule has 2 aromatic rings. The van der Waals surface area contributed by atoms with Gasteiger partial charge in [-0.2, -0.15) is 0 Å². The summed E-state index contributed by atoms with van der Waals surface area (Å²) in [5.41, 5.74) is 0. The van der Waals surface area contributed by atoms with Crippen molar-refractivity contribution in [3.63, 3.8) is 0 Å². The fourth-order valence-electron chi connectivity index (χ4n) is 2.07. The lowest BCUT2D eigenvalue weighted by Crippen LogP contribution is -2.19. The molecule has 0 bridgehead atoms.